The summed E-state index contributed by atoms with van der Waals surface area (Å²) in [5.74, 6) is 0.159. The van der Waals surface area contributed by atoms with Crippen LogP contribution in [0.2, 0.25) is 0 Å². The molecule has 3 heterocycles. The standard InChI is InChI=1S/C35H34F3N3O3S/c1-6-43-33(42)27(19-22-10-12-23(13-11-22)28-16-14-24(21-40-28)35(36,37)38)31-32(45-34(2,3)4)26-20-25(15-17-29(26)41(31)5)44-30-9-7-8-18-39-30/h7-18,20-21,27H,6,19H2,1-5H3. The summed E-state index contributed by atoms with van der Waals surface area (Å²) >= 11 is 1.68. The summed E-state index contributed by atoms with van der Waals surface area (Å²) in [5, 5.41) is 0.957. The van der Waals surface area contributed by atoms with Crippen molar-refractivity contribution in [2.45, 2.75) is 55.9 Å². The Morgan fingerprint density at radius 2 is 1.73 bits per heavy atom. The number of ether oxygens (including phenoxy) is 2. The highest BCUT2D eigenvalue weighted by Crippen LogP contribution is 2.45. The van der Waals surface area contributed by atoms with Crippen LogP contribution in [0.1, 0.15) is 50.4 Å². The van der Waals surface area contributed by atoms with Crippen LogP contribution in [0.25, 0.3) is 22.2 Å². The zero-order valence-corrected chi connectivity index (χ0v) is 26.5. The number of pyridine rings is 2. The predicted molar refractivity (Wildman–Crippen MR) is 171 cm³/mol. The van der Waals surface area contributed by atoms with Crippen LogP contribution < -0.4 is 4.74 Å². The van der Waals surface area contributed by atoms with Gasteiger partial charge in [0.05, 0.1) is 17.9 Å². The Labute approximate surface area is 264 Å². The number of aryl methyl sites for hydroxylation is 1. The molecule has 0 bridgehead atoms. The average Bonchev–Trinajstić information content (AvgIpc) is 3.25. The van der Waals surface area contributed by atoms with Gasteiger partial charge in [0.1, 0.15) is 11.7 Å². The highest BCUT2D eigenvalue weighted by atomic mass is 32.2. The molecular weight excluding hydrogens is 599 g/mol. The summed E-state index contributed by atoms with van der Waals surface area (Å²) < 4.78 is 52.5. The largest absolute Gasteiger partial charge is 0.465 e. The number of hydrogen-bond donors (Lipinski definition) is 0. The number of halogens is 3. The molecule has 0 amide bonds. The van der Waals surface area contributed by atoms with Crippen molar-refractivity contribution in [1.82, 2.24) is 14.5 Å². The maximum Gasteiger partial charge on any atom is 0.417 e. The van der Waals surface area contributed by atoms with E-state index in [4.69, 9.17) is 9.47 Å². The van der Waals surface area contributed by atoms with Crippen molar-refractivity contribution in [3.05, 3.63) is 102 Å². The maximum atomic E-state index is 13.6. The smallest absolute Gasteiger partial charge is 0.417 e. The van der Waals surface area contributed by atoms with E-state index < -0.39 is 17.7 Å². The van der Waals surface area contributed by atoms with E-state index in [2.05, 4.69) is 35.3 Å². The van der Waals surface area contributed by atoms with E-state index in [0.717, 1.165) is 39.3 Å². The van der Waals surface area contributed by atoms with Gasteiger partial charge in [-0.05, 0) is 55.3 Å². The molecule has 0 saturated carbocycles. The van der Waals surface area contributed by atoms with Gasteiger partial charge in [0.2, 0.25) is 5.88 Å². The van der Waals surface area contributed by atoms with Gasteiger partial charge in [0.15, 0.2) is 0 Å². The molecule has 10 heteroatoms. The Morgan fingerprint density at radius 1 is 0.978 bits per heavy atom. The first kappa shape index (κ1) is 32.1. The molecule has 5 aromatic rings. The van der Waals surface area contributed by atoms with Gasteiger partial charge < -0.3 is 14.0 Å². The first-order valence-corrected chi connectivity index (χ1v) is 15.3. The summed E-state index contributed by atoms with van der Waals surface area (Å²) in [4.78, 5) is 22.9. The molecule has 0 spiro atoms. The highest BCUT2D eigenvalue weighted by molar-refractivity contribution is 8.00. The van der Waals surface area contributed by atoms with Crippen molar-refractivity contribution in [2.75, 3.05) is 6.61 Å². The van der Waals surface area contributed by atoms with Crippen molar-refractivity contribution >= 4 is 28.6 Å². The topological polar surface area (TPSA) is 66.2 Å². The van der Waals surface area contributed by atoms with Crippen LogP contribution in [-0.2, 0) is 29.2 Å². The van der Waals surface area contributed by atoms with Crippen molar-refractivity contribution in [3.8, 4) is 22.9 Å². The molecule has 1 atom stereocenters. The number of thioether (sulfide) groups is 1. The molecule has 45 heavy (non-hydrogen) atoms. The Balaban J connectivity index is 1.53. The van der Waals surface area contributed by atoms with Crippen LogP contribution in [-0.4, -0.2) is 31.9 Å². The third-order valence-electron chi connectivity index (χ3n) is 7.12. The number of rotatable bonds is 9. The number of carbonyl (C=O) groups is 1. The zero-order chi connectivity index (χ0) is 32.4. The molecule has 0 fully saturated rings. The minimum absolute atomic E-state index is 0.170. The normalized spacial score (nSPS) is 12.7. The minimum Gasteiger partial charge on any atom is -0.465 e. The van der Waals surface area contributed by atoms with E-state index in [-0.39, 0.29) is 17.3 Å². The summed E-state index contributed by atoms with van der Waals surface area (Å²) in [6.45, 7) is 8.40. The molecule has 0 aliphatic carbocycles. The van der Waals surface area contributed by atoms with Crippen LogP contribution in [0.4, 0.5) is 13.2 Å². The number of aromatic nitrogens is 3. The molecular formula is C35H34F3N3O3S. The van der Waals surface area contributed by atoms with Crippen molar-refractivity contribution in [3.63, 3.8) is 0 Å². The van der Waals surface area contributed by atoms with Gasteiger partial charge in [-0.3, -0.25) is 9.78 Å². The van der Waals surface area contributed by atoms with Gasteiger partial charge >= 0.3 is 12.1 Å². The van der Waals surface area contributed by atoms with E-state index in [9.17, 15) is 18.0 Å². The quantitative estimate of drug-likeness (QED) is 0.119. The van der Waals surface area contributed by atoms with Crippen molar-refractivity contribution in [2.24, 2.45) is 7.05 Å². The molecule has 1 unspecified atom stereocenters. The highest BCUT2D eigenvalue weighted by Gasteiger charge is 2.33. The van der Waals surface area contributed by atoms with Crippen molar-refractivity contribution in [1.29, 1.82) is 0 Å². The lowest BCUT2D eigenvalue weighted by atomic mass is 9.94. The Morgan fingerprint density at radius 3 is 2.33 bits per heavy atom. The molecule has 6 nitrogen and oxygen atoms in total. The van der Waals surface area contributed by atoms with E-state index in [1.54, 1.807) is 43.1 Å². The van der Waals surface area contributed by atoms with Gasteiger partial charge in [-0.15, -0.1) is 11.8 Å². The number of esters is 1. The molecule has 5 rings (SSSR count). The second-order valence-corrected chi connectivity index (χ2v) is 13.4. The maximum absolute atomic E-state index is 13.6. The van der Waals surface area contributed by atoms with Gasteiger partial charge in [-0.25, -0.2) is 4.98 Å². The third kappa shape index (κ3) is 7.50. The lowest BCUT2D eigenvalue weighted by Crippen LogP contribution is -2.22. The number of nitrogens with zero attached hydrogens (tertiary/aromatic N) is 3. The summed E-state index contributed by atoms with van der Waals surface area (Å²) in [6, 6.07) is 21.1. The van der Waals surface area contributed by atoms with Crippen LogP contribution in [0.3, 0.4) is 0 Å². The van der Waals surface area contributed by atoms with Gasteiger partial charge in [0.25, 0.3) is 0 Å². The Kier molecular flexibility index (Phi) is 9.25. The second-order valence-electron chi connectivity index (χ2n) is 11.6. The van der Waals surface area contributed by atoms with Gasteiger partial charge in [0, 0.05) is 57.3 Å². The van der Waals surface area contributed by atoms with Gasteiger partial charge in [-0.2, -0.15) is 13.2 Å². The molecule has 0 N–H and O–H groups in total. The molecule has 2 aromatic carbocycles. The number of fused-ring (bicyclic) bond motifs is 1. The molecule has 234 valence electrons. The lowest BCUT2D eigenvalue weighted by molar-refractivity contribution is -0.145. The fourth-order valence-electron chi connectivity index (χ4n) is 5.12. The summed E-state index contributed by atoms with van der Waals surface area (Å²) in [6.07, 6.45) is -1.58. The fraction of sp³-hybridized carbons (Fsp3) is 0.286. The first-order chi connectivity index (χ1) is 21.3. The van der Waals surface area contributed by atoms with Crippen LogP contribution in [0.5, 0.6) is 11.6 Å². The van der Waals surface area contributed by atoms with E-state index in [1.165, 1.54) is 6.07 Å². The monoisotopic (exact) mass is 633 g/mol. The third-order valence-corrected chi connectivity index (χ3v) is 8.36. The van der Waals surface area contributed by atoms with Gasteiger partial charge in [-0.1, -0.05) is 51.1 Å². The first-order valence-electron chi connectivity index (χ1n) is 14.5. The van der Waals surface area contributed by atoms with E-state index >= 15 is 0 Å². The molecule has 0 aliphatic rings. The number of hydrogen-bond acceptors (Lipinski definition) is 6. The summed E-state index contributed by atoms with van der Waals surface area (Å²) in [7, 11) is 1.95. The molecule has 0 saturated heterocycles. The Bertz CT molecular complexity index is 1780. The number of carbonyl (C=O) groups excluding carboxylic acids is 1. The van der Waals surface area contributed by atoms with Crippen molar-refractivity contribution < 1.29 is 27.4 Å². The average molecular weight is 634 g/mol. The van der Waals surface area contributed by atoms with Crippen LogP contribution in [0.15, 0.2) is 90.1 Å². The minimum atomic E-state index is -4.45. The second kappa shape index (κ2) is 13.0. The van der Waals surface area contributed by atoms with E-state index in [1.807, 2.05) is 49.5 Å². The van der Waals surface area contributed by atoms with E-state index in [0.29, 0.717) is 29.3 Å². The fourth-order valence-corrected chi connectivity index (χ4v) is 6.39. The van der Waals surface area contributed by atoms with Crippen LogP contribution >= 0.6 is 11.8 Å². The van der Waals surface area contributed by atoms with Crippen LogP contribution in [0, 0.1) is 0 Å². The predicted octanol–water partition coefficient (Wildman–Crippen LogP) is 9.23. The zero-order valence-electron chi connectivity index (χ0n) is 25.7. The molecule has 0 aliphatic heterocycles. The summed E-state index contributed by atoms with van der Waals surface area (Å²) in [5.41, 5.74) is 2.97. The number of alkyl halides is 3. The lowest BCUT2D eigenvalue weighted by Gasteiger charge is -2.23. The molecule has 3 aromatic heterocycles. The number of benzene rings is 2. The Hall–Kier alpha value is -4.31. The SMILES string of the molecule is CCOC(=O)C(Cc1ccc(-c2ccc(C(F)(F)F)cn2)cc1)c1c(SC(C)(C)C)c2cc(Oc3ccccn3)ccc2n1C. The molecule has 0 radical (unpaired) electrons.